The minimum Gasteiger partial charge on any atom is -0.365 e. The number of pyridine rings is 1. The molecule has 1 saturated carbocycles. The highest BCUT2D eigenvalue weighted by Gasteiger charge is 2.48. The number of fused-ring (bicyclic) bond motifs is 7. The lowest BCUT2D eigenvalue weighted by atomic mass is 9.85. The van der Waals surface area contributed by atoms with Crippen LogP contribution in [0.1, 0.15) is 61.0 Å². The minimum atomic E-state index is -3.29. The number of benzene rings is 1. The van der Waals surface area contributed by atoms with Crippen molar-refractivity contribution in [2.45, 2.75) is 69.9 Å². The van der Waals surface area contributed by atoms with Crippen molar-refractivity contribution >= 4 is 16.9 Å². The fraction of sp³-hybridized carbons (Fsp3) is 0.484. The highest BCUT2D eigenvalue weighted by atomic mass is 19.3. The van der Waals surface area contributed by atoms with Crippen LogP contribution in [0.5, 0.6) is 0 Å². The second kappa shape index (κ2) is 10.6. The molecule has 0 atom stereocenters. The molecule has 1 aromatic carbocycles. The van der Waals surface area contributed by atoms with Crippen LogP contribution >= 0.6 is 0 Å². The summed E-state index contributed by atoms with van der Waals surface area (Å²) in [6.45, 7) is 3.76. The Morgan fingerprint density at radius 1 is 1.10 bits per heavy atom. The second-order valence-corrected chi connectivity index (χ2v) is 11.5. The van der Waals surface area contributed by atoms with Crippen molar-refractivity contribution in [1.29, 1.82) is 5.26 Å². The van der Waals surface area contributed by atoms with Crippen molar-refractivity contribution in [3.05, 3.63) is 75.1 Å². The first kappa shape index (κ1) is 27.5. The molecule has 1 N–H and O–H groups in total. The minimum absolute atomic E-state index is 0.0810. The van der Waals surface area contributed by atoms with Gasteiger partial charge in [0.2, 0.25) is 0 Å². The Bertz CT molecular complexity index is 1610. The van der Waals surface area contributed by atoms with Crippen LogP contribution in [0, 0.1) is 30.0 Å². The third-order valence-electron chi connectivity index (χ3n) is 8.80. The zero-order valence-electron chi connectivity index (χ0n) is 23.1. The van der Waals surface area contributed by atoms with Crippen LogP contribution in [0.2, 0.25) is 0 Å². The maximum Gasteiger partial charge on any atom is 0.278 e. The van der Waals surface area contributed by atoms with Gasteiger partial charge in [-0.3, -0.25) is 14.3 Å². The van der Waals surface area contributed by atoms with Gasteiger partial charge in [0.05, 0.1) is 22.4 Å². The summed E-state index contributed by atoms with van der Waals surface area (Å²) in [5.74, 6) is -4.35. The molecule has 7 nitrogen and oxygen atoms in total. The molecular formula is C31H33F3N6O. The average molecular weight is 563 g/mol. The lowest BCUT2D eigenvalue weighted by Gasteiger charge is -2.35. The van der Waals surface area contributed by atoms with Crippen molar-refractivity contribution in [3.8, 4) is 6.07 Å². The summed E-state index contributed by atoms with van der Waals surface area (Å²) < 4.78 is 48.6. The summed E-state index contributed by atoms with van der Waals surface area (Å²) in [6, 6.07) is 8.16. The van der Waals surface area contributed by atoms with Crippen LogP contribution in [0.3, 0.4) is 0 Å². The second-order valence-electron chi connectivity index (χ2n) is 11.5. The van der Waals surface area contributed by atoms with Crippen molar-refractivity contribution < 1.29 is 13.2 Å². The van der Waals surface area contributed by atoms with Gasteiger partial charge in [-0.05, 0) is 64.6 Å². The molecule has 214 valence electrons. The van der Waals surface area contributed by atoms with Gasteiger partial charge in [-0.15, -0.1) is 0 Å². The predicted molar refractivity (Wildman–Crippen MR) is 150 cm³/mol. The van der Waals surface area contributed by atoms with E-state index in [0.29, 0.717) is 86.5 Å². The van der Waals surface area contributed by atoms with E-state index >= 15 is 13.2 Å². The van der Waals surface area contributed by atoms with E-state index in [-0.39, 0.29) is 17.7 Å². The van der Waals surface area contributed by atoms with Gasteiger partial charge < -0.3 is 5.32 Å². The van der Waals surface area contributed by atoms with Gasteiger partial charge in [-0.1, -0.05) is 30.4 Å². The Balaban J connectivity index is 1.46. The molecule has 7 rings (SSSR count). The summed E-state index contributed by atoms with van der Waals surface area (Å²) in [5.41, 5.74) is -0.678. The zero-order chi connectivity index (χ0) is 28.8. The van der Waals surface area contributed by atoms with Crippen LogP contribution in [0.4, 0.5) is 19.0 Å². The van der Waals surface area contributed by atoms with Gasteiger partial charge in [0.1, 0.15) is 23.1 Å². The molecule has 3 aliphatic heterocycles. The fourth-order valence-electron chi connectivity index (χ4n) is 6.16. The molecule has 2 aromatic heterocycles. The van der Waals surface area contributed by atoms with Crippen LogP contribution < -0.4 is 10.9 Å². The Kier molecular flexibility index (Phi) is 7.10. The number of hydrogen-bond acceptors (Lipinski definition) is 6. The lowest BCUT2D eigenvalue weighted by Crippen LogP contribution is -2.40. The third kappa shape index (κ3) is 5.01. The van der Waals surface area contributed by atoms with Crippen LogP contribution in [0.15, 0.2) is 41.2 Å². The number of alkyl halides is 2. The number of halogens is 3. The van der Waals surface area contributed by atoms with Gasteiger partial charge in [0.15, 0.2) is 0 Å². The van der Waals surface area contributed by atoms with E-state index in [1.54, 1.807) is 17.6 Å². The van der Waals surface area contributed by atoms with Gasteiger partial charge in [0.25, 0.3) is 11.5 Å². The van der Waals surface area contributed by atoms with Gasteiger partial charge >= 0.3 is 0 Å². The van der Waals surface area contributed by atoms with Crippen LogP contribution in [0.25, 0.3) is 11.0 Å². The number of rotatable bonds is 1. The SMILES string of the molecule is Cc1nc2c3cc(C4(C#N)CC4)c(=O)n(c3n1)CCCC=CCN1CCC(CC1)C(F)(F)c1cccc(c1F)CN2. The normalized spacial score (nSPS) is 23.6. The number of nitriles is 1. The Labute approximate surface area is 236 Å². The van der Waals surface area contributed by atoms with E-state index in [2.05, 4.69) is 32.3 Å². The van der Waals surface area contributed by atoms with E-state index in [9.17, 15) is 10.1 Å². The topological polar surface area (TPSA) is 86.8 Å². The highest BCUT2D eigenvalue weighted by molar-refractivity contribution is 5.87. The number of allylic oxidation sites excluding steroid dienone is 1. The third-order valence-corrected chi connectivity index (χ3v) is 8.80. The quantitative estimate of drug-likeness (QED) is 0.391. The maximum atomic E-state index is 15.7. The molecule has 2 fully saturated rings. The predicted octanol–water partition coefficient (Wildman–Crippen LogP) is 5.56. The summed E-state index contributed by atoms with van der Waals surface area (Å²) in [6.07, 6.45) is 7.32. The smallest absolute Gasteiger partial charge is 0.278 e. The van der Waals surface area contributed by atoms with Gasteiger partial charge in [-0.2, -0.15) is 5.26 Å². The summed E-state index contributed by atoms with van der Waals surface area (Å²) in [7, 11) is 0. The number of anilines is 1. The van der Waals surface area contributed by atoms with Crippen molar-refractivity contribution in [1.82, 2.24) is 19.4 Å². The lowest BCUT2D eigenvalue weighted by molar-refractivity contribution is -0.0872. The first-order chi connectivity index (χ1) is 19.7. The van der Waals surface area contributed by atoms with Crippen molar-refractivity contribution in [3.63, 3.8) is 0 Å². The zero-order valence-corrected chi connectivity index (χ0v) is 23.1. The van der Waals surface area contributed by atoms with Gasteiger partial charge in [-0.25, -0.2) is 23.1 Å². The Morgan fingerprint density at radius 2 is 1.88 bits per heavy atom. The molecule has 41 heavy (non-hydrogen) atoms. The Morgan fingerprint density at radius 3 is 2.61 bits per heavy atom. The molecular weight excluding hydrogens is 529 g/mol. The number of aryl methyl sites for hydroxylation is 2. The summed E-state index contributed by atoms with van der Waals surface area (Å²) >= 11 is 0. The molecule has 4 aliphatic rings. The van der Waals surface area contributed by atoms with Crippen LogP contribution in [-0.2, 0) is 24.4 Å². The van der Waals surface area contributed by atoms with E-state index < -0.39 is 28.6 Å². The number of hydrogen-bond donors (Lipinski definition) is 1. The molecule has 0 spiro atoms. The van der Waals surface area contributed by atoms with E-state index in [1.807, 2.05) is 6.08 Å². The van der Waals surface area contributed by atoms with E-state index in [4.69, 9.17) is 0 Å². The molecule has 8 bridgehead atoms. The van der Waals surface area contributed by atoms with E-state index in [1.165, 1.54) is 18.2 Å². The Hall–Kier alpha value is -3.71. The molecule has 10 heteroatoms. The van der Waals surface area contributed by atoms with Crippen molar-refractivity contribution in [2.75, 3.05) is 25.0 Å². The molecule has 1 aliphatic carbocycles. The molecule has 0 unspecified atom stereocenters. The average Bonchev–Trinajstić information content (AvgIpc) is 3.76. The first-order valence-corrected chi connectivity index (χ1v) is 14.3. The molecule has 1 saturated heterocycles. The number of piperidine rings is 1. The first-order valence-electron chi connectivity index (χ1n) is 14.3. The van der Waals surface area contributed by atoms with E-state index in [0.717, 1.165) is 6.42 Å². The van der Waals surface area contributed by atoms with Crippen molar-refractivity contribution in [2.24, 2.45) is 5.92 Å². The molecule has 0 amide bonds. The molecule has 3 aromatic rings. The highest BCUT2D eigenvalue weighted by Crippen LogP contribution is 2.47. The molecule has 0 radical (unpaired) electrons. The summed E-state index contributed by atoms with van der Waals surface area (Å²) in [4.78, 5) is 25.0. The van der Waals surface area contributed by atoms with Gasteiger partial charge in [0, 0.05) is 36.7 Å². The standard InChI is InChI=1S/C31H33F3N6O/c1-20-37-27-23-17-25(30(19-35)11-12-30)29(41)40(28(23)38-20)14-5-3-2-4-13-39-15-9-22(10-16-39)31(33,34)24-8-6-7-21(18-36-27)26(24)32/h2,4,6-8,17,22H,3,5,9-16,18H2,1H3,(H,36,37,38). The fourth-order valence-corrected chi connectivity index (χ4v) is 6.16. The largest absolute Gasteiger partial charge is 0.365 e. The molecule has 5 heterocycles. The van der Waals surface area contributed by atoms with Crippen LogP contribution in [-0.4, -0.2) is 39.1 Å². The summed E-state index contributed by atoms with van der Waals surface area (Å²) in [5, 5.41) is 13.6. The number of nitrogens with one attached hydrogen (secondary N) is 1. The monoisotopic (exact) mass is 562 g/mol. The number of aromatic nitrogens is 3. The maximum absolute atomic E-state index is 15.7. The number of nitrogens with zero attached hydrogens (tertiary/aromatic N) is 5.